The quantitative estimate of drug-likeness (QED) is 0.805. The molecule has 1 unspecified atom stereocenters. The molecule has 6 nitrogen and oxygen atoms in total. The highest BCUT2D eigenvalue weighted by molar-refractivity contribution is 6.00. The van der Waals surface area contributed by atoms with Crippen LogP contribution < -0.4 is 9.80 Å². The number of benzene rings is 2. The number of ether oxygens (including phenoxy) is 1. The highest BCUT2D eigenvalue weighted by Crippen LogP contribution is 2.33. The van der Waals surface area contributed by atoms with Gasteiger partial charge in [0.2, 0.25) is 0 Å². The molecule has 0 bridgehead atoms. The highest BCUT2D eigenvalue weighted by atomic mass is 16.5. The van der Waals surface area contributed by atoms with Crippen molar-refractivity contribution in [1.29, 1.82) is 0 Å². The van der Waals surface area contributed by atoms with Crippen molar-refractivity contribution in [1.82, 2.24) is 4.90 Å². The fourth-order valence-corrected chi connectivity index (χ4v) is 4.29. The number of para-hydroxylation sites is 2. The maximum absolute atomic E-state index is 13.3. The summed E-state index contributed by atoms with van der Waals surface area (Å²) in [6.45, 7) is 1.70. The Morgan fingerprint density at radius 3 is 2.52 bits per heavy atom. The number of anilines is 2. The third-order valence-electron chi connectivity index (χ3n) is 5.76. The third-order valence-corrected chi connectivity index (χ3v) is 5.76. The summed E-state index contributed by atoms with van der Waals surface area (Å²) in [5.41, 5.74) is 1.95. The van der Waals surface area contributed by atoms with Gasteiger partial charge >= 0.3 is 0 Å². The van der Waals surface area contributed by atoms with E-state index >= 15 is 0 Å². The van der Waals surface area contributed by atoms with Crippen LogP contribution in [0, 0.1) is 0 Å². The van der Waals surface area contributed by atoms with Gasteiger partial charge in [-0.05, 0) is 37.1 Å². The molecule has 2 aliphatic rings. The van der Waals surface area contributed by atoms with E-state index in [9.17, 15) is 9.59 Å². The summed E-state index contributed by atoms with van der Waals surface area (Å²) in [6.07, 6.45) is 1.69. The van der Waals surface area contributed by atoms with E-state index in [1.807, 2.05) is 78.5 Å². The van der Waals surface area contributed by atoms with E-state index in [1.54, 1.807) is 4.90 Å². The maximum atomic E-state index is 13.3. The molecule has 0 radical (unpaired) electrons. The van der Waals surface area contributed by atoms with E-state index in [0.717, 1.165) is 24.2 Å². The van der Waals surface area contributed by atoms with E-state index in [-0.39, 0.29) is 18.4 Å². The molecule has 1 atom stereocenters. The number of carbonyl (C=O) groups is 2. The molecule has 2 aliphatic heterocycles. The average Bonchev–Trinajstić information content (AvgIpc) is 2.76. The zero-order chi connectivity index (χ0) is 20.4. The molecule has 152 valence electrons. The molecule has 0 N–H and O–H groups in total. The normalized spacial score (nSPS) is 22.1. The van der Waals surface area contributed by atoms with Crippen molar-refractivity contribution >= 4 is 23.2 Å². The van der Waals surface area contributed by atoms with Gasteiger partial charge in [0.1, 0.15) is 12.2 Å². The lowest BCUT2D eigenvalue weighted by Gasteiger charge is -2.47. The van der Waals surface area contributed by atoms with E-state index in [4.69, 9.17) is 4.74 Å². The molecule has 2 aromatic rings. The molecular formula is C23H27N3O3. The molecule has 0 aliphatic carbocycles. The second-order valence-corrected chi connectivity index (χ2v) is 8.03. The summed E-state index contributed by atoms with van der Waals surface area (Å²) in [5.74, 6) is -0.0247. The lowest BCUT2D eigenvalue weighted by Crippen LogP contribution is -2.62. The molecule has 2 fully saturated rings. The number of hydrogen-bond donors (Lipinski definition) is 0. The number of likely N-dealkylation sites (tertiary alicyclic amines) is 1. The van der Waals surface area contributed by atoms with Crippen molar-refractivity contribution in [2.45, 2.75) is 18.4 Å². The van der Waals surface area contributed by atoms with Crippen LogP contribution in [0.2, 0.25) is 0 Å². The summed E-state index contributed by atoms with van der Waals surface area (Å²) in [5, 5.41) is 0. The van der Waals surface area contributed by atoms with Crippen molar-refractivity contribution in [3.05, 3.63) is 60.2 Å². The van der Waals surface area contributed by atoms with Gasteiger partial charge in [0.25, 0.3) is 11.8 Å². The van der Waals surface area contributed by atoms with Crippen molar-refractivity contribution < 1.29 is 14.3 Å². The number of morpholine rings is 1. The van der Waals surface area contributed by atoms with Crippen LogP contribution in [-0.4, -0.2) is 62.7 Å². The summed E-state index contributed by atoms with van der Waals surface area (Å²) < 4.78 is 6.07. The zero-order valence-electron chi connectivity index (χ0n) is 17.0. The lowest BCUT2D eigenvalue weighted by atomic mass is 9.90. The Labute approximate surface area is 171 Å². The first-order valence-electron chi connectivity index (χ1n) is 10.0. The topological polar surface area (TPSA) is 53.1 Å². The Bertz CT molecular complexity index is 899. The van der Waals surface area contributed by atoms with E-state index in [0.29, 0.717) is 25.2 Å². The Kier molecular flexibility index (Phi) is 5.28. The van der Waals surface area contributed by atoms with E-state index in [2.05, 4.69) is 0 Å². The molecule has 2 amide bonds. The lowest BCUT2D eigenvalue weighted by molar-refractivity contribution is -0.144. The van der Waals surface area contributed by atoms with Crippen LogP contribution in [0.5, 0.6) is 0 Å². The first-order chi connectivity index (χ1) is 14.0. The van der Waals surface area contributed by atoms with E-state index in [1.165, 1.54) is 0 Å². The molecule has 2 aromatic carbocycles. The Morgan fingerprint density at radius 2 is 1.76 bits per heavy atom. The van der Waals surface area contributed by atoms with Crippen molar-refractivity contribution in [3.63, 3.8) is 0 Å². The number of carbonyl (C=O) groups excluding carboxylic acids is 2. The average molecular weight is 393 g/mol. The van der Waals surface area contributed by atoms with E-state index < -0.39 is 5.60 Å². The van der Waals surface area contributed by atoms with Gasteiger partial charge in [-0.25, -0.2) is 0 Å². The van der Waals surface area contributed by atoms with Crippen LogP contribution in [0.15, 0.2) is 54.6 Å². The molecule has 2 heterocycles. The fourth-order valence-electron chi connectivity index (χ4n) is 4.29. The number of piperidine rings is 1. The predicted octanol–water partition coefficient (Wildman–Crippen LogP) is 2.79. The minimum Gasteiger partial charge on any atom is -0.377 e. The van der Waals surface area contributed by atoms with Crippen molar-refractivity contribution in [2.24, 2.45) is 0 Å². The third kappa shape index (κ3) is 3.85. The zero-order valence-corrected chi connectivity index (χ0v) is 17.0. The molecule has 4 rings (SSSR count). The maximum Gasteiger partial charge on any atom is 0.256 e. The molecular weight excluding hydrogens is 366 g/mol. The second kappa shape index (κ2) is 7.87. The SMILES string of the molecule is CN(C)c1ccccc1C(=O)N1CCCC2(C1)CN(c1ccccc1)C(=O)CO2. The fraction of sp³-hybridized carbons (Fsp3) is 0.391. The summed E-state index contributed by atoms with van der Waals surface area (Å²) in [4.78, 5) is 31.5. The van der Waals surface area contributed by atoms with Gasteiger partial charge in [0.05, 0.1) is 18.7 Å². The Balaban J connectivity index is 1.56. The molecule has 29 heavy (non-hydrogen) atoms. The first kappa shape index (κ1) is 19.5. The van der Waals surface area contributed by atoms with Crippen LogP contribution in [0.3, 0.4) is 0 Å². The van der Waals surface area contributed by atoms with Crippen LogP contribution in [0.25, 0.3) is 0 Å². The highest BCUT2D eigenvalue weighted by Gasteiger charge is 2.44. The second-order valence-electron chi connectivity index (χ2n) is 8.03. The largest absolute Gasteiger partial charge is 0.377 e. The number of nitrogens with zero attached hydrogens (tertiary/aromatic N) is 3. The molecule has 1 spiro atoms. The molecule has 2 saturated heterocycles. The minimum atomic E-state index is -0.523. The molecule has 0 saturated carbocycles. The number of amides is 2. The number of hydrogen-bond acceptors (Lipinski definition) is 4. The Hall–Kier alpha value is -2.86. The predicted molar refractivity (Wildman–Crippen MR) is 113 cm³/mol. The van der Waals surface area contributed by atoms with Crippen LogP contribution in [0.1, 0.15) is 23.2 Å². The van der Waals surface area contributed by atoms with Gasteiger partial charge < -0.3 is 19.4 Å². The van der Waals surface area contributed by atoms with Crippen LogP contribution in [-0.2, 0) is 9.53 Å². The van der Waals surface area contributed by atoms with Crippen molar-refractivity contribution in [2.75, 3.05) is 50.1 Å². The summed E-state index contributed by atoms with van der Waals surface area (Å²) in [6, 6.07) is 17.4. The smallest absolute Gasteiger partial charge is 0.256 e. The Morgan fingerprint density at radius 1 is 1.03 bits per heavy atom. The van der Waals surface area contributed by atoms with Gasteiger partial charge in [0, 0.05) is 32.0 Å². The van der Waals surface area contributed by atoms with Gasteiger partial charge in [-0.15, -0.1) is 0 Å². The van der Waals surface area contributed by atoms with Gasteiger partial charge in [-0.2, -0.15) is 0 Å². The molecule has 0 aromatic heterocycles. The molecule has 6 heteroatoms. The van der Waals surface area contributed by atoms with Crippen LogP contribution >= 0.6 is 0 Å². The van der Waals surface area contributed by atoms with Crippen molar-refractivity contribution in [3.8, 4) is 0 Å². The van der Waals surface area contributed by atoms with Gasteiger partial charge in [-0.3, -0.25) is 9.59 Å². The summed E-state index contributed by atoms with van der Waals surface area (Å²) >= 11 is 0. The van der Waals surface area contributed by atoms with Gasteiger partial charge in [0.15, 0.2) is 0 Å². The summed E-state index contributed by atoms with van der Waals surface area (Å²) in [7, 11) is 3.88. The first-order valence-corrected chi connectivity index (χ1v) is 10.0. The van der Waals surface area contributed by atoms with Gasteiger partial charge in [-0.1, -0.05) is 30.3 Å². The number of rotatable bonds is 3. The van der Waals surface area contributed by atoms with Crippen LogP contribution in [0.4, 0.5) is 11.4 Å². The monoisotopic (exact) mass is 393 g/mol. The minimum absolute atomic E-state index is 0.0140. The standard InChI is InChI=1S/C23H27N3O3/c1-24(2)20-12-7-6-11-19(20)22(28)25-14-8-13-23(16-25)17-26(21(27)15-29-23)18-9-4-3-5-10-18/h3-7,9-12H,8,13-17H2,1-2H3.